The number of carbonyl (C=O) groups is 2. The smallest absolute Gasteiger partial charge is 0.314 e. The maximum Gasteiger partial charge on any atom is 0.314 e. The van der Waals surface area contributed by atoms with Crippen LogP contribution in [0.1, 0.15) is 12.8 Å². The summed E-state index contributed by atoms with van der Waals surface area (Å²) in [7, 11) is 0. The first-order valence-corrected chi connectivity index (χ1v) is 17.2. The van der Waals surface area contributed by atoms with Gasteiger partial charge in [-0.05, 0) is 12.8 Å². The summed E-state index contributed by atoms with van der Waals surface area (Å²) in [6.45, 7) is 8.25. The first-order valence-electron chi connectivity index (χ1n) is 16.5. The molecule has 0 saturated carbocycles. The molecule has 0 spiro atoms. The highest BCUT2D eigenvalue weighted by Crippen LogP contribution is 2.08. The third-order valence-corrected chi connectivity index (χ3v) is 6.51. The summed E-state index contributed by atoms with van der Waals surface area (Å²) in [4.78, 5) is 39.4. The minimum atomic E-state index is -0.265. The van der Waals surface area contributed by atoms with Gasteiger partial charge in [-0.2, -0.15) is 0 Å². The molecule has 18 nitrogen and oxygen atoms in total. The van der Waals surface area contributed by atoms with E-state index in [0.717, 1.165) is 12.8 Å². The lowest BCUT2D eigenvalue weighted by atomic mass is 10.3. The second-order valence-corrected chi connectivity index (χ2v) is 10.8. The van der Waals surface area contributed by atoms with Crippen molar-refractivity contribution in [2.75, 3.05) is 129 Å². The monoisotopic (exact) mass is 748 g/mol. The fourth-order valence-corrected chi connectivity index (χ4v) is 3.99. The standard InChI is InChI=1S/C30H50Cl2N10O8/c31-25-21-27(41-23-39-25)33-5-9-45-13-17-49-19-15-47-11-7-37-29(43)35-3-1-2-4-36-30(44)38-8-12-48-16-20-50-18-14-46-10-6-34-28-22-26(32)40-24-42-28/h21-24H,1-20H2,(H,33,39,41)(H,34,40,42)(H2,35,37,43)(H2,36,38,44). The summed E-state index contributed by atoms with van der Waals surface area (Å²) in [5.74, 6) is 1.29. The molecule has 2 heterocycles. The van der Waals surface area contributed by atoms with Crippen molar-refractivity contribution in [2.45, 2.75) is 12.8 Å². The second kappa shape index (κ2) is 30.5. The van der Waals surface area contributed by atoms with E-state index < -0.39 is 0 Å². The lowest BCUT2D eigenvalue weighted by Gasteiger charge is -2.10. The maximum atomic E-state index is 11.9. The lowest BCUT2D eigenvalue weighted by molar-refractivity contribution is 0.0172. The number of rotatable bonds is 31. The first kappa shape index (κ1) is 42.8. The van der Waals surface area contributed by atoms with Crippen LogP contribution in [0, 0.1) is 0 Å². The Balaban J connectivity index is 1.22. The Labute approximate surface area is 302 Å². The van der Waals surface area contributed by atoms with Crippen molar-refractivity contribution in [1.82, 2.24) is 41.2 Å². The van der Waals surface area contributed by atoms with Crippen LogP contribution in [0.3, 0.4) is 0 Å². The van der Waals surface area contributed by atoms with E-state index in [1.165, 1.54) is 12.7 Å². The molecule has 0 aliphatic carbocycles. The Hall–Kier alpha value is -3.36. The summed E-state index contributed by atoms with van der Waals surface area (Å²) in [5, 5.41) is 17.9. The molecule has 0 fully saturated rings. The van der Waals surface area contributed by atoms with Gasteiger partial charge in [-0.25, -0.2) is 29.5 Å². The number of unbranched alkanes of at least 4 members (excludes halogenated alkanes) is 1. The number of amides is 4. The zero-order chi connectivity index (χ0) is 35.7. The van der Waals surface area contributed by atoms with E-state index in [2.05, 4.69) is 51.8 Å². The van der Waals surface area contributed by atoms with Crippen molar-refractivity contribution in [3.05, 3.63) is 35.1 Å². The number of aromatic nitrogens is 4. The highest BCUT2D eigenvalue weighted by molar-refractivity contribution is 6.29. The molecule has 0 saturated heterocycles. The van der Waals surface area contributed by atoms with Gasteiger partial charge in [0.05, 0.1) is 79.3 Å². The molecular formula is C30H50Cl2N10O8. The van der Waals surface area contributed by atoms with Crippen LogP contribution in [0.2, 0.25) is 10.3 Å². The number of hydrogen-bond acceptors (Lipinski definition) is 14. The molecule has 0 aliphatic rings. The number of halogens is 2. The van der Waals surface area contributed by atoms with Crippen LogP contribution >= 0.6 is 23.2 Å². The Morgan fingerprint density at radius 2 is 0.780 bits per heavy atom. The van der Waals surface area contributed by atoms with Crippen LogP contribution in [-0.4, -0.2) is 151 Å². The third-order valence-electron chi connectivity index (χ3n) is 6.10. The van der Waals surface area contributed by atoms with E-state index in [1.807, 2.05) is 0 Å². The van der Waals surface area contributed by atoms with Gasteiger partial charge in [-0.3, -0.25) is 0 Å². The normalized spacial score (nSPS) is 10.8. The lowest BCUT2D eigenvalue weighted by Crippen LogP contribution is -2.39. The zero-order valence-corrected chi connectivity index (χ0v) is 29.8. The molecule has 2 aromatic rings. The van der Waals surface area contributed by atoms with Gasteiger partial charge in [0.25, 0.3) is 0 Å². The summed E-state index contributed by atoms with van der Waals surface area (Å²) in [6, 6.07) is 2.75. The molecule has 4 amide bonds. The van der Waals surface area contributed by atoms with Gasteiger partial charge in [-0.15, -0.1) is 0 Å². The van der Waals surface area contributed by atoms with E-state index in [-0.39, 0.29) is 12.1 Å². The van der Waals surface area contributed by atoms with Gasteiger partial charge in [0.15, 0.2) is 0 Å². The van der Waals surface area contributed by atoms with Crippen molar-refractivity contribution in [1.29, 1.82) is 0 Å². The Kier molecular flexibility index (Phi) is 26.1. The quantitative estimate of drug-likeness (QED) is 0.0478. The minimum absolute atomic E-state index is 0.265. The molecule has 20 heteroatoms. The van der Waals surface area contributed by atoms with Gasteiger partial charge < -0.3 is 60.3 Å². The molecular weight excluding hydrogens is 699 g/mol. The maximum absolute atomic E-state index is 11.9. The van der Waals surface area contributed by atoms with Gasteiger partial charge in [0.1, 0.15) is 34.6 Å². The Morgan fingerprint density at radius 3 is 1.14 bits per heavy atom. The highest BCUT2D eigenvalue weighted by Gasteiger charge is 2.02. The van der Waals surface area contributed by atoms with Crippen molar-refractivity contribution >= 4 is 46.9 Å². The molecule has 2 rings (SSSR count). The van der Waals surface area contributed by atoms with Crippen LogP contribution in [-0.2, 0) is 28.4 Å². The van der Waals surface area contributed by atoms with E-state index in [4.69, 9.17) is 51.6 Å². The third kappa shape index (κ3) is 25.6. The molecule has 0 aliphatic heterocycles. The van der Waals surface area contributed by atoms with Gasteiger partial charge >= 0.3 is 12.1 Å². The second-order valence-electron chi connectivity index (χ2n) is 10.1. The summed E-state index contributed by atoms with van der Waals surface area (Å²) in [5.41, 5.74) is 0. The molecule has 0 aromatic carbocycles. The molecule has 0 bridgehead atoms. The predicted molar refractivity (Wildman–Crippen MR) is 188 cm³/mol. The molecule has 2 aromatic heterocycles. The van der Waals surface area contributed by atoms with Crippen molar-refractivity contribution in [3.8, 4) is 0 Å². The van der Waals surface area contributed by atoms with Crippen molar-refractivity contribution in [3.63, 3.8) is 0 Å². The van der Waals surface area contributed by atoms with Gasteiger partial charge in [-0.1, -0.05) is 23.2 Å². The minimum Gasteiger partial charge on any atom is -0.377 e. The zero-order valence-electron chi connectivity index (χ0n) is 28.3. The van der Waals surface area contributed by atoms with Crippen LogP contribution in [0.25, 0.3) is 0 Å². The van der Waals surface area contributed by atoms with Gasteiger partial charge in [0, 0.05) is 51.4 Å². The number of anilines is 2. The summed E-state index contributed by atoms with van der Waals surface area (Å²) in [6.07, 6.45) is 4.23. The van der Waals surface area contributed by atoms with Crippen LogP contribution < -0.4 is 31.9 Å². The van der Waals surface area contributed by atoms with E-state index in [0.29, 0.717) is 140 Å². The van der Waals surface area contributed by atoms with Crippen molar-refractivity contribution in [2.24, 2.45) is 0 Å². The highest BCUT2D eigenvalue weighted by atomic mass is 35.5. The van der Waals surface area contributed by atoms with E-state index >= 15 is 0 Å². The van der Waals surface area contributed by atoms with Crippen molar-refractivity contribution < 1.29 is 38.0 Å². The Morgan fingerprint density at radius 1 is 0.460 bits per heavy atom. The molecule has 50 heavy (non-hydrogen) atoms. The van der Waals surface area contributed by atoms with Crippen LogP contribution in [0.5, 0.6) is 0 Å². The van der Waals surface area contributed by atoms with Crippen LogP contribution in [0.15, 0.2) is 24.8 Å². The number of ether oxygens (including phenoxy) is 6. The molecule has 0 radical (unpaired) electrons. The largest absolute Gasteiger partial charge is 0.377 e. The fraction of sp³-hybridized carbons (Fsp3) is 0.667. The number of carbonyl (C=O) groups excluding carboxylic acids is 2. The summed E-state index contributed by atoms with van der Waals surface area (Å²) < 4.78 is 32.7. The number of nitrogens with one attached hydrogen (secondary N) is 6. The topological polar surface area (TPSA) is 213 Å². The number of urea groups is 2. The summed E-state index contributed by atoms with van der Waals surface area (Å²) >= 11 is 11.6. The molecule has 0 atom stereocenters. The number of nitrogens with zero attached hydrogens (tertiary/aromatic N) is 4. The van der Waals surface area contributed by atoms with Gasteiger partial charge in [0.2, 0.25) is 0 Å². The van der Waals surface area contributed by atoms with Crippen LogP contribution in [0.4, 0.5) is 21.2 Å². The number of hydrogen-bond donors (Lipinski definition) is 6. The average Bonchev–Trinajstić information content (AvgIpc) is 3.10. The van der Waals surface area contributed by atoms with E-state index in [1.54, 1.807) is 12.1 Å². The van der Waals surface area contributed by atoms with E-state index in [9.17, 15) is 9.59 Å². The molecule has 6 N–H and O–H groups in total. The first-order chi connectivity index (χ1) is 24.5. The Bertz CT molecular complexity index is 1080. The molecule has 282 valence electrons. The average molecular weight is 750 g/mol. The predicted octanol–water partition coefficient (Wildman–Crippen LogP) is 1.58. The molecule has 0 unspecified atom stereocenters. The fourth-order valence-electron chi connectivity index (χ4n) is 3.70. The SMILES string of the molecule is O=C(NCCCCNC(=O)NCCOCCOCCOCCNc1cc(Cl)ncn1)NCCOCCOCCOCCNc1cc(Cl)ncn1.